The molecule has 0 amide bonds. The van der Waals surface area contributed by atoms with Gasteiger partial charge in [-0.15, -0.1) is 0 Å². The van der Waals surface area contributed by atoms with Crippen LogP contribution >= 0.6 is 11.6 Å². The molecule has 108 valence electrons. The van der Waals surface area contributed by atoms with Gasteiger partial charge < -0.3 is 5.73 Å². The van der Waals surface area contributed by atoms with Gasteiger partial charge in [0, 0.05) is 29.7 Å². The molecule has 0 aromatic heterocycles. The van der Waals surface area contributed by atoms with Crippen LogP contribution in [0.2, 0.25) is 5.02 Å². The van der Waals surface area contributed by atoms with Crippen molar-refractivity contribution in [3.63, 3.8) is 0 Å². The van der Waals surface area contributed by atoms with E-state index in [1.165, 1.54) is 5.56 Å². The first-order chi connectivity index (χ1) is 8.82. The highest BCUT2D eigenvalue weighted by molar-refractivity contribution is 6.30. The van der Waals surface area contributed by atoms with Crippen LogP contribution in [0.15, 0.2) is 24.3 Å². The van der Waals surface area contributed by atoms with Crippen LogP contribution in [0, 0.1) is 5.92 Å². The fourth-order valence-corrected chi connectivity index (χ4v) is 2.65. The number of nitrogens with two attached hydrogens (primary N) is 1. The highest BCUT2D eigenvalue weighted by atomic mass is 35.5. The Balaban J connectivity index is 3.06. The van der Waals surface area contributed by atoms with Crippen molar-refractivity contribution < 1.29 is 0 Å². The molecule has 1 aromatic rings. The molecule has 0 bridgehead atoms. The van der Waals surface area contributed by atoms with Crippen LogP contribution < -0.4 is 5.73 Å². The van der Waals surface area contributed by atoms with E-state index in [-0.39, 0.29) is 12.1 Å². The summed E-state index contributed by atoms with van der Waals surface area (Å²) in [5, 5.41) is 0.770. The molecule has 3 heteroatoms. The molecule has 0 aliphatic carbocycles. The van der Waals surface area contributed by atoms with Gasteiger partial charge in [0.15, 0.2) is 0 Å². The fraction of sp³-hybridized carbons (Fsp3) is 0.625. The zero-order valence-electron chi connectivity index (χ0n) is 12.7. The van der Waals surface area contributed by atoms with Gasteiger partial charge in [0.05, 0.1) is 0 Å². The van der Waals surface area contributed by atoms with Crippen molar-refractivity contribution in [2.75, 3.05) is 6.54 Å². The fourth-order valence-electron chi connectivity index (χ4n) is 2.52. The van der Waals surface area contributed by atoms with E-state index in [4.69, 9.17) is 17.3 Å². The Morgan fingerprint density at radius 3 is 1.95 bits per heavy atom. The minimum Gasteiger partial charge on any atom is -0.326 e. The number of nitrogens with zero attached hydrogens (tertiary/aromatic N) is 1. The van der Waals surface area contributed by atoms with Crippen molar-refractivity contribution in [1.29, 1.82) is 0 Å². The largest absolute Gasteiger partial charge is 0.326 e. The number of benzene rings is 1. The third kappa shape index (κ3) is 4.79. The average Bonchev–Trinajstić information content (AvgIpc) is 2.29. The van der Waals surface area contributed by atoms with Crippen LogP contribution in [-0.4, -0.2) is 23.5 Å². The van der Waals surface area contributed by atoms with Crippen LogP contribution in [0.25, 0.3) is 0 Å². The molecule has 1 aromatic carbocycles. The summed E-state index contributed by atoms with van der Waals surface area (Å²) in [6.07, 6.45) is 0. The zero-order chi connectivity index (χ0) is 14.6. The molecule has 0 radical (unpaired) electrons. The molecule has 2 N–H and O–H groups in total. The summed E-state index contributed by atoms with van der Waals surface area (Å²) in [7, 11) is 0. The van der Waals surface area contributed by atoms with Gasteiger partial charge >= 0.3 is 0 Å². The summed E-state index contributed by atoms with van der Waals surface area (Å²) in [6, 6.07) is 8.86. The second-order valence-corrected chi connectivity index (χ2v) is 6.48. The van der Waals surface area contributed by atoms with E-state index < -0.39 is 0 Å². The lowest BCUT2D eigenvalue weighted by atomic mass is 9.96. The zero-order valence-corrected chi connectivity index (χ0v) is 13.5. The highest BCUT2D eigenvalue weighted by Crippen LogP contribution is 2.27. The third-order valence-electron chi connectivity index (χ3n) is 3.31. The lowest BCUT2D eigenvalue weighted by molar-refractivity contribution is 0.119. The van der Waals surface area contributed by atoms with Crippen LogP contribution in [0.5, 0.6) is 0 Å². The molecule has 2 atom stereocenters. The van der Waals surface area contributed by atoms with Gasteiger partial charge in [-0.2, -0.15) is 0 Å². The highest BCUT2D eigenvalue weighted by Gasteiger charge is 2.26. The Morgan fingerprint density at radius 2 is 1.58 bits per heavy atom. The summed E-state index contributed by atoms with van der Waals surface area (Å²) in [4.78, 5) is 2.48. The summed E-state index contributed by atoms with van der Waals surface area (Å²) >= 11 is 5.98. The summed E-state index contributed by atoms with van der Waals surface area (Å²) in [6.45, 7) is 12.1. The minimum absolute atomic E-state index is 0.0855. The predicted octanol–water partition coefficient (Wildman–Crippen LogP) is 4.09. The first kappa shape index (κ1) is 16.5. The van der Waals surface area contributed by atoms with Crippen molar-refractivity contribution in [3.8, 4) is 0 Å². The molecule has 0 spiro atoms. The lowest BCUT2D eigenvalue weighted by Crippen LogP contribution is -2.44. The van der Waals surface area contributed by atoms with Crippen molar-refractivity contribution in [3.05, 3.63) is 34.9 Å². The molecule has 0 fully saturated rings. The summed E-state index contributed by atoms with van der Waals surface area (Å²) in [5.41, 5.74) is 7.49. The molecule has 1 rings (SSSR count). The molecule has 0 saturated carbocycles. The normalized spacial score (nSPS) is 15.3. The van der Waals surface area contributed by atoms with E-state index in [0.717, 1.165) is 11.6 Å². The number of halogens is 1. The van der Waals surface area contributed by atoms with E-state index in [2.05, 4.69) is 51.7 Å². The molecular formula is C16H27ClN2. The van der Waals surface area contributed by atoms with Crippen LogP contribution in [0.1, 0.15) is 46.2 Å². The van der Waals surface area contributed by atoms with Crippen molar-refractivity contribution >= 4 is 11.6 Å². The lowest BCUT2D eigenvalue weighted by Gasteiger charge is -2.38. The maximum atomic E-state index is 6.25. The topological polar surface area (TPSA) is 29.3 Å². The van der Waals surface area contributed by atoms with Crippen LogP contribution in [0.4, 0.5) is 0 Å². The molecule has 0 saturated heterocycles. The number of hydrogen-bond donors (Lipinski definition) is 1. The van der Waals surface area contributed by atoms with Gasteiger partial charge in [-0.1, -0.05) is 37.6 Å². The second kappa shape index (κ2) is 7.28. The quantitative estimate of drug-likeness (QED) is 0.851. The van der Waals surface area contributed by atoms with Gasteiger partial charge in [0.2, 0.25) is 0 Å². The molecule has 2 nitrogen and oxygen atoms in total. The molecule has 2 unspecified atom stereocenters. The first-order valence-electron chi connectivity index (χ1n) is 7.09. The van der Waals surface area contributed by atoms with E-state index >= 15 is 0 Å². The Kier molecular flexibility index (Phi) is 6.31. The van der Waals surface area contributed by atoms with Gasteiger partial charge in [0.1, 0.15) is 0 Å². The summed E-state index contributed by atoms with van der Waals surface area (Å²) < 4.78 is 0. The van der Waals surface area contributed by atoms with Crippen molar-refractivity contribution in [2.45, 2.75) is 52.7 Å². The van der Waals surface area contributed by atoms with Crippen LogP contribution in [0.3, 0.4) is 0 Å². The molecule has 0 heterocycles. The minimum atomic E-state index is 0.0855. The monoisotopic (exact) mass is 282 g/mol. The van der Waals surface area contributed by atoms with E-state index in [1.54, 1.807) is 0 Å². The Bertz CT molecular complexity index is 371. The van der Waals surface area contributed by atoms with Gasteiger partial charge in [0.25, 0.3) is 0 Å². The van der Waals surface area contributed by atoms with Crippen molar-refractivity contribution in [2.24, 2.45) is 11.7 Å². The number of hydrogen-bond acceptors (Lipinski definition) is 2. The SMILES string of the molecule is CC(C)CN(C(C)C)C(c1ccc(Cl)cc1)C(C)N. The summed E-state index contributed by atoms with van der Waals surface area (Å²) in [5.74, 6) is 0.621. The maximum absolute atomic E-state index is 6.25. The molecule has 19 heavy (non-hydrogen) atoms. The first-order valence-corrected chi connectivity index (χ1v) is 7.47. The van der Waals surface area contributed by atoms with E-state index in [1.807, 2.05) is 12.1 Å². The van der Waals surface area contributed by atoms with Gasteiger partial charge in [-0.05, 0) is 44.4 Å². The standard InChI is InChI=1S/C16H27ClN2/c1-11(2)10-19(12(3)4)16(13(5)18)14-6-8-15(17)9-7-14/h6-9,11-13,16H,10,18H2,1-5H3. The van der Waals surface area contributed by atoms with E-state index in [0.29, 0.717) is 12.0 Å². The van der Waals surface area contributed by atoms with Crippen molar-refractivity contribution in [1.82, 2.24) is 4.90 Å². The van der Waals surface area contributed by atoms with Gasteiger partial charge in [-0.3, -0.25) is 4.90 Å². The Hall–Kier alpha value is -0.570. The second-order valence-electron chi connectivity index (χ2n) is 6.04. The molecular weight excluding hydrogens is 256 g/mol. The Morgan fingerprint density at radius 1 is 1.05 bits per heavy atom. The molecule has 0 aliphatic rings. The van der Waals surface area contributed by atoms with Gasteiger partial charge in [-0.25, -0.2) is 0 Å². The van der Waals surface area contributed by atoms with E-state index in [9.17, 15) is 0 Å². The smallest absolute Gasteiger partial charge is 0.0499 e. The third-order valence-corrected chi connectivity index (χ3v) is 3.56. The van der Waals surface area contributed by atoms with Crippen LogP contribution in [-0.2, 0) is 0 Å². The molecule has 0 aliphatic heterocycles. The maximum Gasteiger partial charge on any atom is 0.0499 e. The average molecular weight is 283 g/mol. The number of rotatable bonds is 6. The Labute approximate surface area is 122 Å². The predicted molar refractivity (Wildman–Crippen MR) is 84.5 cm³/mol.